The van der Waals surface area contributed by atoms with Gasteiger partial charge in [0.1, 0.15) is 0 Å². The van der Waals surface area contributed by atoms with Crippen LogP contribution in [0.5, 0.6) is 0 Å². The average Bonchev–Trinajstić information content (AvgIpc) is 3.58. The van der Waals surface area contributed by atoms with E-state index < -0.39 is 0 Å². The van der Waals surface area contributed by atoms with Gasteiger partial charge in [0.25, 0.3) is 0 Å². The van der Waals surface area contributed by atoms with Crippen LogP contribution in [0.3, 0.4) is 0 Å². The summed E-state index contributed by atoms with van der Waals surface area (Å²) in [4.78, 5) is 2.61. The SMILES string of the molecule is Cc1cccc(-c2ccccc2)c1N(c1ccccc1-c1ccccc1)c1c2c(cc(-c3ccccc3)c1-c1ccccc1)-c1ccccc1C2. The quantitative estimate of drug-likeness (QED) is 0.166. The highest BCUT2D eigenvalue weighted by molar-refractivity contribution is 6.06. The van der Waals surface area contributed by atoms with Gasteiger partial charge in [-0.2, -0.15) is 0 Å². The molecule has 0 atom stereocenters. The third kappa shape index (κ3) is 5.44. The Morgan fingerprint density at radius 3 is 1.51 bits per heavy atom. The molecule has 1 heteroatoms. The van der Waals surface area contributed by atoms with Crippen LogP contribution < -0.4 is 4.90 Å². The van der Waals surface area contributed by atoms with Gasteiger partial charge in [-0.15, -0.1) is 0 Å². The second-order valence-corrected chi connectivity index (χ2v) is 13.3. The summed E-state index contributed by atoms with van der Waals surface area (Å²) in [5.41, 5.74) is 19.7. The van der Waals surface area contributed by atoms with Gasteiger partial charge in [0, 0.05) is 23.1 Å². The average molecular weight is 652 g/mol. The zero-order valence-corrected chi connectivity index (χ0v) is 28.6. The van der Waals surface area contributed by atoms with Crippen molar-refractivity contribution in [2.24, 2.45) is 0 Å². The van der Waals surface area contributed by atoms with E-state index in [0.717, 1.165) is 12.1 Å². The standard InChI is InChI=1S/C50H37N/c1-35-19-18-31-43(37-22-8-3-9-23-37)49(35)51(47-32-17-16-30-42(47)36-20-6-2-7-21-36)50-46-33-40-28-14-15-29-41(40)45(46)34-44(38-24-10-4-11-25-38)48(50)39-26-12-5-13-27-39/h2-32,34H,33H2,1H3. The van der Waals surface area contributed by atoms with E-state index in [2.05, 4.69) is 206 Å². The minimum absolute atomic E-state index is 0.853. The Labute approximate surface area is 300 Å². The number of hydrogen-bond acceptors (Lipinski definition) is 1. The van der Waals surface area contributed by atoms with Crippen LogP contribution in [-0.2, 0) is 6.42 Å². The molecule has 242 valence electrons. The molecule has 8 aromatic rings. The third-order valence-electron chi connectivity index (χ3n) is 10.2. The van der Waals surface area contributed by atoms with Crippen LogP contribution in [0.15, 0.2) is 194 Å². The van der Waals surface area contributed by atoms with Crippen molar-refractivity contribution in [1.29, 1.82) is 0 Å². The zero-order valence-electron chi connectivity index (χ0n) is 28.6. The minimum atomic E-state index is 0.853. The Kier molecular flexibility index (Phi) is 7.87. The molecule has 0 aromatic heterocycles. The van der Waals surface area contributed by atoms with Crippen LogP contribution in [0.2, 0.25) is 0 Å². The number of anilines is 3. The van der Waals surface area contributed by atoms with Gasteiger partial charge < -0.3 is 4.90 Å². The lowest BCUT2D eigenvalue weighted by Gasteiger charge is -2.35. The topological polar surface area (TPSA) is 3.24 Å². The van der Waals surface area contributed by atoms with E-state index in [0.29, 0.717) is 0 Å². The first kappa shape index (κ1) is 30.6. The van der Waals surface area contributed by atoms with E-state index in [1.165, 1.54) is 83.7 Å². The van der Waals surface area contributed by atoms with E-state index in [9.17, 15) is 0 Å². The molecule has 0 unspecified atom stereocenters. The Morgan fingerprint density at radius 1 is 0.373 bits per heavy atom. The Bertz CT molecular complexity index is 2480. The van der Waals surface area contributed by atoms with Crippen molar-refractivity contribution in [2.45, 2.75) is 13.3 Å². The summed E-state index contributed by atoms with van der Waals surface area (Å²) in [6.07, 6.45) is 0.853. The minimum Gasteiger partial charge on any atom is -0.308 e. The lowest BCUT2D eigenvalue weighted by molar-refractivity contribution is 1.19. The number of nitrogens with zero attached hydrogens (tertiary/aromatic N) is 1. The lowest BCUT2D eigenvalue weighted by atomic mass is 9.86. The van der Waals surface area contributed by atoms with E-state index in [1.807, 2.05) is 0 Å². The summed E-state index contributed by atoms with van der Waals surface area (Å²) in [7, 11) is 0. The second kappa shape index (κ2) is 13.1. The Morgan fingerprint density at radius 2 is 0.863 bits per heavy atom. The molecule has 0 heterocycles. The molecule has 1 nitrogen and oxygen atoms in total. The first-order valence-corrected chi connectivity index (χ1v) is 17.7. The number of rotatable bonds is 7. The molecule has 9 rings (SSSR count). The van der Waals surface area contributed by atoms with Crippen LogP contribution in [0, 0.1) is 6.92 Å². The Hall–Kier alpha value is -6.44. The van der Waals surface area contributed by atoms with Crippen LogP contribution >= 0.6 is 0 Å². The molecule has 0 aliphatic heterocycles. The van der Waals surface area contributed by atoms with Crippen LogP contribution in [0.1, 0.15) is 16.7 Å². The first-order chi connectivity index (χ1) is 25.3. The second-order valence-electron chi connectivity index (χ2n) is 13.3. The van der Waals surface area contributed by atoms with Crippen molar-refractivity contribution in [2.75, 3.05) is 4.90 Å². The van der Waals surface area contributed by atoms with Crippen molar-refractivity contribution in [3.63, 3.8) is 0 Å². The molecular weight excluding hydrogens is 615 g/mol. The number of benzene rings is 8. The van der Waals surface area contributed by atoms with Crippen molar-refractivity contribution in [3.05, 3.63) is 211 Å². The predicted molar refractivity (Wildman–Crippen MR) is 216 cm³/mol. The molecule has 0 saturated heterocycles. The molecule has 0 radical (unpaired) electrons. The van der Waals surface area contributed by atoms with E-state index in [-0.39, 0.29) is 0 Å². The highest BCUT2D eigenvalue weighted by Crippen LogP contribution is 2.56. The fraction of sp³-hybridized carbons (Fsp3) is 0.0400. The molecular formula is C50H37N. The summed E-state index contributed by atoms with van der Waals surface area (Å²) < 4.78 is 0. The molecule has 0 N–H and O–H groups in total. The monoisotopic (exact) mass is 651 g/mol. The molecule has 51 heavy (non-hydrogen) atoms. The maximum Gasteiger partial charge on any atom is 0.0588 e. The predicted octanol–water partition coefficient (Wildman–Crippen LogP) is 13.7. The summed E-state index contributed by atoms with van der Waals surface area (Å²) in [6.45, 7) is 2.26. The maximum atomic E-state index is 2.61. The number of hydrogen-bond donors (Lipinski definition) is 0. The van der Waals surface area contributed by atoms with Crippen LogP contribution in [0.4, 0.5) is 17.1 Å². The summed E-state index contributed by atoms with van der Waals surface area (Å²) in [6, 6.07) is 70.7. The van der Waals surface area contributed by atoms with Gasteiger partial charge in [-0.3, -0.25) is 0 Å². The van der Waals surface area contributed by atoms with Crippen LogP contribution in [0.25, 0.3) is 55.6 Å². The maximum absolute atomic E-state index is 2.61. The molecule has 0 amide bonds. The van der Waals surface area contributed by atoms with E-state index >= 15 is 0 Å². The highest BCUT2D eigenvalue weighted by atomic mass is 15.2. The molecule has 0 saturated carbocycles. The fourth-order valence-electron chi connectivity index (χ4n) is 7.94. The number of fused-ring (bicyclic) bond motifs is 3. The first-order valence-electron chi connectivity index (χ1n) is 17.7. The van der Waals surface area contributed by atoms with Gasteiger partial charge in [0.2, 0.25) is 0 Å². The molecule has 0 fully saturated rings. The summed E-state index contributed by atoms with van der Waals surface area (Å²) in [5.74, 6) is 0. The van der Waals surface area contributed by atoms with Crippen LogP contribution in [-0.4, -0.2) is 0 Å². The summed E-state index contributed by atoms with van der Waals surface area (Å²) in [5, 5.41) is 0. The van der Waals surface area contributed by atoms with Crippen molar-refractivity contribution in [3.8, 4) is 55.6 Å². The largest absolute Gasteiger partial charge is 0.308 e. The number of para-hydroxylation sites is 2. The molecule has 8 aromatic carbocycles. The Balaban J connectivity index is 1.49. The number of aryl methyl sites for hydroxylation is 1. The van der Waals surface area contributed by atoms with Crippen molar-refractivity contribution >= 4 is 17.1 Å². The highest BCUT2D eigenvalue weighted by Gasteiger charge is 2.33. The van der Waals surface area contributed by atoms with Crippen molar-refractivity contribution in [1.82, 2.24) is 0 Å². The van der Waals surface area contributed by atoms with Gasteiger partial charge >= 0.3 is 0 Å². The molecule has 0 bridgehead atoms. The van der Waals surface area contributed by atoms with Gasteiger partial charge in [0.05, 0.1) is 17.1 Å². The zero-order chi connectivity index (χ0) is 34.1. The fourth-order valence-corrected chi connectivity index (χ4v) is 7.94. The normalized spacial score (nSPS) is 11.5. The smallest absolute Gasteiger partial charge is 0.0588 e. The van der Waals surface area contributed by atoms with Gasteiger partial charge in [0.15, 0.2) is 0 Å². The van der Waals surface area contributed by atoms with Gasteiger partial charge in [-0.05, 0) is 74.7 Å². The van der Waals surface area contributed by atoms with E-state index in [4.69, 9.17) is 0 Å². The molecule has 0 spiro atoms. The van der Waals surface area contributed by atoms with E-state index in [1.54, 1.807) is 0 Å². The molecule has 1 aliphatic carbocycles. The van der Waals surface area contributed by atoms with Gasteiger partial charge in [-0.25, -0.2) is 0 Å². The molecule has 1 aliphatic rings. The summed E-state index contributed by atoms with van der Waals surface area (Å²) >= 11 is 0. The van der Waals surface area contributed by atoms with Gasteiger partial charge in [-0.1, -0.05) is 182 Å². The van der Waals surface area contributed by atoms with Crippen molar-refractivity contribution < 1.29 is 0 Å². The lowest BCUT2D eigenvalue weighted by Crippen LogP contribution is -2.17. The third-order valence-corrected chi connectivity index (χ3v) is 10.2.